The van der Waals surface area contributed by atoms with E-state index in [2.05, 4.69) is 20.9 Å². The van der Waals surface area contributed by atoms with Gasteiger partial charge in [-0.15, -0.1) is 0 Å². The third-order valence-electron chi connectivity index (χ3n) is 4.76. The normalized spacial score (nSPS) is 13.5. The molecule has 2 heterocycles. The Labute approximate surface area is 175 Å². The van der Waals surface area contributed by atoms with E-state index in [1.807, 2.05) is 31.2 Å². The van der Waals surface area contributed by atoms with Gasteiger partial charge >= 0.3 is 0 Å². The van der Waals surface area contributed by atoms with Gasteiger partial charge in [-0.05, 0) is 55.3 Å². The van der Waals surface area contributed by atoms with Crippen LogP contribution in [0, 0.1) is 12.7 Å². The summed E-state index contributed by atoms with van der Waals surface area (Å²) in [6, 6.07) is 9.95. The van der Waals surface area contributed by atoms with Crippen molar-refractivity contribution in [3.63, 3.8) is 0 Å². The van der Waals surface area contributed by atoms with Gasteiger partial charge in [0.1, 0.15) is 5.76 Å². The van der Waals surface area contributed by atoms with E-state index in [0.29, 0.717) is 18.9 Å². The molecule has 0 bridgehead atoms. The molecular weight excluding hydrogens is 439 g/mol. The van der Waals surface area contributed by atoms with Gasteiger partial charge in [0.15, 0.2) is 11.6 Å². The van der Waals surface area contributed by atoms with E-state index in [4.69, 9.17) is 9.15 Å². The Kier molecular flexibility index (Phi) is 5.24. The number of nitrogens with zero attached hydrogens (tertiary/aromatic N) is 2. The van der Waals surface area contributed by atoms with Gasteiger partial charge in [0.25, 0.3) is 5.91 Å². The van der Waals surface area contributed by atoms with Crippen LogP contribution in [0.2, 0.25) is 0 Å². The van der Waals surface area contributed by atoms with Crippen LogP contribution >= 0.6 is 15.9 Å². The average Bonchev–Trinajstić information content (AvgIpc) is 3.05. The zero-order valence-electron chi connectivity index (χ0n) is 15.9. The first-order chi connectivity index (χ1) is 14.0. The predicted molar refractivity (Wildman–Crippen MR) is 112 cm³/mol. The van der Waals surface area contributed by atoms with Crippen LogP contribution in [0.3, 0.4) is 0 Å². The van der Waals surface area contributed by atoms with Gasteiger partial charge in [-0.3, -0.25) is 4.79 Å². The number of methoxy groups -OCH3 is 1. The Morgan fingerprint density at radius 2 is 2.10 bits per heavy atom. The van der Waals surface area contributed by atoms with Gasteiger partial charge in [0.2, 0.25) is 5.89 Å². The first kappa shape index (κ1) is 19.4. The van der Waals surface area contributed by atoms with Crippen LogP contribution in [-0.4, -0.2) is 24.5 Å². The molecular formula is C22H18BrFN2O3. The number of amides is 1. The second-order valence-electron chi connectivity index (χ2n) is 6.70. The van der Waals surface area contributed by atoms with E-state index < -0.39 is 5.82 Å². The van der Waals surface area contributed by atoms with E-state index >= 15 is 0 Å². The molecule has 1 aliphatic heterocycles. The maximum atomic E-state index is 14.2. The zero-order chi connectivity index (χ0) is 20.5. The summed E-state index contributed by atoms with van der Waals surface area (Å²) >= 11 is 3.48. The smallest absolute Gasteiger partial charge is 0.258 e. The van der Waals surface area contributed by atoms with Crippen LogP contribution in [0.1, 0.15) is 34.0 Å². The number of hydrogen-bond donors (Lipinski definition) is 0. The molecule has 3 aromatic rings. The van der Waals surface area contributed by atoms with Crippen molar-refractivity contribution in [3.8, 4) is 5.75 Å². The molecule has 1 aliphatic rings. The van der Waals surface area contributed by atoms with Crippen LogP contribution in [-0.2, 0) is 0 Å². The number of ether oxygens (including phenoxy) is 1. The minimum Gasteiger partial charge on any atom is -0.494 e. The second kappa shape index (κ2) is 7.83. The molecule has 148 valence electrons. The Morgan fingerprint density at radius 3 is 2.79 bits per heavy atom. The van der Waals surface area contributed by atoms with E-state index in [0.717, 1.165) is 27.1 Å². The van der Waals surface area contributed by atoms with Gasteiger partial charge in [-0.2, -0.15) is 0 Å². The van der Waals surface area contributed by atoms with E-state index in [1.54, 1.807) is 17.2 Å². The SMILES string of the molecule is COc1ccc(C(=O)N2CCC(c3ncc(C)o3)=Cc3ccc(Br)cc32)cc1F. The van der Waals surface area contributed by atoms with E-state index in [-0.39, 0.29) is 17.2 Å². The van der Waals surface area contributed by atoms with Gasteiger partial charge in [-0.1, -0.05) is 22.0 Å². The number of benzene rings is 2. The number of rotatable bonds is 3. The van der Waals surface area contributed by atoms with Crippen LogP contribution in [0.4, 0.5) is 10.1 Å². The van der Waals surface area contributed by atoms with Crippen LogP contribution in [0.15, 0.2) is 51.5 Å². The highest BCUT2D eigenvalue weighted by molar-refractivity contribution is 9.10. The lowest BCUT2D eigenvalue weighted by molar-refractivity contribution is 0.0987. The molecule has 0 aliphatic carbocycles. The summed E-state index contributed by atoms with van der Waals surface area (Å²) in [5.74, 6) is 0.508. The topological polar surface area (TPSA) is 55.6 Å². The number of aromatic nitrogens is 1. The fraction of sp³-hybridized carbons (Fsp3) is 0.182. The Balaban J connectivity index is 1.74. The first-order valence-corrected chi connectivity index (χ1v) is 9.84. The lowest BCUT2D eigenvalue weighted by Gasteiger charge is -2.23. The van der Waals surface area contributed by atoms with Crippen molar-refractivity contribution in [1.82, 2.24) is 4.98 Å². The fourth-order valence-electron chi connectivity index (χ4n) is 3.32. The molecule has 5 nitrogen and oxygen atoms in total. The Hall–Kier alpha value is -2.93. The summed E-state index contributed by atoms with van der Waals surface area (Å²) in [6.07, 6.45) is 4.21. The fourth-order valence-corrected chi connectivity index (χ4v) is 3.67. The van der Waals surface area contributed by atoms with E-state index in [9.17, 15) is 9.18 Å². The molecule has 1 amide bonds. The number of aryl methyl sites for hydroxylation is 1. The van der Waals surface area contributed by atoms with Crippen molar-refractivity contribution in [2.24, 2.45) is 0 Å². The molecule has 4 rings (SSSR count). The molecule has 0 fully saturated rings. The summed E-state index contributed by atoms with van der Waals surface area (Å²) in [4.78, 5) is 19.2. The number of anilines is 1. The molecule has 0 N–H and O–H groups in total. The zero-order valence-corrected chi connectivity index (χ0v) is 17.5. The monoisotopic (exact) mass is 456 g/mol. The van der Waals surface area contributed by atoms with Crippen molar-refractivity contribution in [2.75, 3.05) is 18.6 Å². The number of carbonyl (C=O) groups is 1. The number of oxazole rings is 1. The Bertz CT molecular complexity index is 1120. The highest BCUT2D eigenvalue weighted by Crippen LogP contribution is 2.35. The standard InChI is InChI=1S/C22H18BrFN2O3/c1-13-12-25-21(29-13)15-7-8-26(19-11-17(23)5-3-14(19)9-15)22(27)16-4-6-20(28-2)18(24)10-16/h3-6,9-12H,7-8H2,1-2H3. The molecule has 0 saturated heterocycles. The van der Waals surface area contributed by atoms with Crippen molar-refractivity contribution in [1.29, 1.82) is 0 Å². The Morgan fingerprint density at radius 1 is 1.28 bits per heavy atom. The summed E-state index contributed by atoms with van der Waals surface area (Å²) in [6.45, 7) is 2.25. The number of fused-ring (bicyclic) bond motifs is 1. The molecule has 0 saturated carbocycles. The predicted octanol–water partition coefficient (Wildman–Crippen LogP) is 5.48. The maximum absolute atomic E-state index is 14.2. The third-order valence-corrected chi connectivity index (χ3v) is 5.25. The van der Waals surface area contributed by atoms with Crippen LogP contribution in [0.5, 0.6) is 5.75 Å². The minimum atomic E-state index is -0.572. The lowest BCUT2D eigenvalue weighted by Crippen LogP contribution is -2.32. The van der Waals surface area contributed by atoms with Gasteiger partial charge < -0.3 is 14.1 Å². The average molecular weight is 457 g/mol. The highest BCUT2D eigenvalue weighted by Gasteiger charge is 2.25. The first-order valence-electron chi connectivity index (χ1n) is 9.04. The molecule has 0 atom stereocenters. The highest BCUT2D eigenvalue weighted by atomic mass is 79.9. The quantitative estimate of drug-likeness (QED) is 0.523. The largest absolute Gasteiger partial charge is 0.494 e. The summed E-state index contributed by atoms with van der Waals surface area (Å²) in [7, 11) is 1.39. The minimum absolute atomic E-state index is 0.101. The summed E-state index contributed by atoms with van der Waals surface area (Å²) < 4.78 is 25.6. The molecule has 2 aromatic carbocycles. The lowest BCUT2D eigenvalue weighted by atomic mass is 10.1. The summed E-state index contributed by atoms with van der Waals surface area (Å²) in [5, 5.41) is 0. The number of hydrogen-bond acceptors (Lipinski definition) is 4. The van der Waals surface area contributed by atoms with Crippen molar-refractivity contribution >= 4 is 39.2 Å². The number of carbonyl (C=O) groups excluding carboxylic acids is 1. The summed E-state index contributed by atoms with van der Waals surface area (Å²) in [5.41, 5.74) is 2.75. The molecule has 29 heavy (non-hydrogen) atoms. The second-order valence-corrected chi connectivity index (χ2v) is 7.62. The van der Waals surface area contributed by atoms with Crippen molar-refractivity contribution in [2.45, 2.75) is 13.3 Å². The molecule has 0 radical (unpaired) electrons. The molecule has 7 heteroatoms. The third kappa shape index (κ3) is 3.82. The molecule has 0 spiro atoms. The van der Waals surface area contributed by atoms with Crippen LogP contribution < -0.4 is 9.64 Å². The van der Waals surface area contributed by atoms with Gasteiger partial charge in [0, 0.05) is 22.2 Å². The van der Waals surface area contributed by atoms with Crippen molar-refractivity contribution < 1.29 is 18.3 Å². The maximum Gasteiger partial charge on any atom is 0.258 e. The van der Waals surface area contributed by atoms with Gasteiger partial charge in [-0.25, -0.2) is 9.37 Å². The van der Waals surface area contributed by atoms with Crippen LogP contribution in [0.25, 0.3) is 11.6 Å². The molecule has 0 unspecified atom stereocenters. The molecule has 1 aromatic heterocycles. The van der Waals surface area contributed by atoms with Gasteiger partial charge in [0.05, 0.1) is 19.0 Å². The number of halogens is 2. The van der Waals surface area contributed by atoms with Crippen molar-refractivity contribution in [3.05, 3.63) is 75.7 Å². The van der Waals surface area contributed by atoms with E-state index in [1.165, 1.54) is 19.2 Å².